The molecule has 0 aromatic heterocycles. The smallest absolute Gasteiger partial charge is 1.00 e. The van der Waals surface area contributed by atoms with Gasteiger partial charge in [-0.25, -0.2) is 0 Å². The number of nitrogens with one attached hydrogen (secondary N) is 1. The molecule has 0 radical (unpaired) electrons. The van der Waals surface area contributed by atoms with Crippen molar-refractivity contribution >= 4 is 22.0 Å². The largest absolute Gasteiger partial charge is 1.00 e. The second kappa shape index (κ2) is 23.9. The standard InChI is InChI=1S/C25H47NO7S.Na.H/c1-3-5-6-7-8-9-10-11-12-13-14-15-16-17-18-19-20-33-24(28)21-22(34(30,31)32)25(29)26-23(27)4-2;;/h11-12,22-23,27H,3-10,13-21H2,1-2H3,(H,26,29)(H,30,31,32);;/q;+1;-1/b12-11-;;. The van der Waals surface area contributed by atoms with Gasteiger partial charge in [0.2, 0.25) is 5.91 Å². The molecule has 10 heteroatoms. The third-order valence-electron chi connectivity index (χ3n) is 5.62. The Kier molecular flexibility index (Phi) is 25.1. The first-order valence-electron chi connectivity index (χ1n) is 13.0. The molecule has 35 heavy (non-hydrogen) atoms. The molecule has 0 bridgehead atoms. The van der Waals surface area contributed by atoms with Crippen LogP contribution in [0.4, 0.5) is 0 Å². The minimum absolute atomic E-state index is 0. The topological polar surface area (TPSA) is 130 Å². The monoisotopic (exact) mass is 529 g/mol. The molecule has 0 aromatic carbocycles. The first-order valence-corrected chi connectivity index (χ1v) is 14.5. The SMILES string of the molecule is CCCCCCCC/C=C\CCCCCCCCOC(=O)CC(C(=O)NC(O)CC)S(=O)(=O)O.[H-].[Na+]. The molecule has 0 aromatic rings. The van der Waals surface area contributed by atoms with Crippen LogP contribution in [0.25, 0.3) is 0 Å². The first kappa shape index (κ1) is 36.7. The fraction of sp³-hybridized carbons (Fsp3) is 0.840. The Morgan fingerprint density at radius 2 is 1.37 bits per heavy atom. The normalized spacial score (nSPS) is 13.3. The van der Waals surface area contributed by atoms with Gasteiger partial charge in [-0.1, -0.05) is 83.8 Å². The summed E-state index contributed by atoms with van der Waals surface area (Å²) in [5.74, 6) is -2.01. The van der Waals surface area contributed by atoms with E-state index < -0.39 is 39.9 Å². The fourth-order valence-electron chi connectivity index (χ4n) is 3.44. The number of aliphatic hydroxyl groups is 1. The third-order valence-corrected chi connectivity index (χ3v) is 6.72. The number of esters is 1. The van der Waals surface area contributed by atoms with Crippen LogP contribution in [0.2, 0.25) is 0 Å². The molecule has 2 unspecified atom stereocenters. The number of allylic oxidation sites excluding steroid dienone is 2. The quantitative estimate of drug-likeness (QED) is 0.0489. The van der Waals surface area contributed by atoms with Gasteiger partial charge in [-0.05, 0) is 38.5 Å². The van der Waals surface area contributed by atoms with Gasteiger partial charge < -0.3 is 16.6 Å². The van der Waals surface area contributed by atoms with Crippen molar-refractivity contribution in [3.05, 3.63) is 12.2 Å². The van der Waals surface area contributed by atoms with Crippen LogP contribution in [-0.2, 0) is 24.4 Å². The summed E-state index contributed by atoms with van der Waals surface area (Å²) in [5, 5.41) is 9.45. The van der Waals surface area contributed by atoms with Gasteiger partial charge >= 0.3 is 35.5 Å². The third kappa shape index (κ3) is 22.5. The summed E-state index contributed by atoms with van der Waals surface area (Å²) in [6.45, 7) is 3.95. The van der Waals surface area contributed by atoms with Crippen LogP contribution in [0, 0.1) is 0 Å². The van der Waals surface area contributed by atoms with Gasteiger partial charge in [-0.15, -0.1) is 0 Å². The van der Waals surface area contributed by atoms with E-state index in [1.54, 1.807) is 6.92 Å². The predicted octanol–water partition coefficient (Wildman–Crippen LogP) is 2.17. The maximum atomic E-state index is 11.9. The summed E-state index contributed by atoms with van der Waals surface area (Å²) in [6, 6.07) is 0. The molecule has 0 aliphatic rings. The molecule has 1 amide bonds. The van der Waals surface area contributed by atoms with Crippen LogP contribution >= 0.6 is 0 Å². The molecule has 0 aliphatic heterocycles. The predicted molar refractivity (Wildman–Crippen MR) is 136 cm³/mol. The molecule has 0 heterocycles. The first-order chi connectivity index (χ1) is 16.2. The van der Waals surface area contributed by atoms with Gasteiger partial charge in [0, 0.05) is 0 Å². The van der Waals surface area contributed by atoms with E-state index >= 15 is 0 Å². The summed E-state index contributed by atoms with van der Waals surface area (Å²) in [7, 11) is -4.80. The molecular weight excluding hydrogens is 481 g/mol. The average molecular weight is 530 g/mol. The van der Waals surface area contributed by atoms with E-state index in [0.717, 1.165) is 32.1 Å². The summed E-state index contributed by atoms with van der Waals surface area (Å²) in [5.41, 5.74) is 0. The second-order valence-corrected chi connectivity index (χ2v) is 10.4. The van der Waals surface area contributed by atoms with Gasteiger partial charge in [-0.2, -0.15) is 8.42 Å². The van der Waals surface area contributed by atoms with Crippen molar-refractivity contribution < 1.29 is 63.4 Å². The zero-order valence-corrected chi connectivity index (χ0v) is 25.0. The molecule has 0 saturated heterocycles. The van der Waals surface area contributed by atoms with Crippen LogP contribution in [0.5, 0.6) is 0 Å². The van der Waals surface area contributed by atoms with Crippen LogP contribution in [0.15, 0.2) is 12.2 Å². The van der Waals surface area contributed by atoms with Gasteiger partial charge in [0.25, 0.3) is 10.1 Å². The number of amides is 1. The van der Waals surface area contributed by atoms with Crippen molar-refractivity contribution in [2.75, 3.05) is 6.61 Å². The Labute approximate surface area is 236 Å². The number of rotatable bonds is 22. The molecule has 2 atom stereocenters. The van der Waals surface area contributed by atoms with Crippen molar-refractivity contribution in [1.29, 1.82) is 0 Å². The minimum atomic E-state index is -4.80. The van der Waals surface area contributed by atoms with E-state index in [0.29, 0.717) is 6.42 Å². The summed E-state index contributed by atoms with van der Waals surface area (Å²) in [4.78, 5) is 23.8. The molecule has 0 saturated carbocycles. The zero-order chi connectivity index (χ0) is 25.7. The Hall–Kier alpha value is -0.450. The zero-order valence-electron chi connectivity index (χ0n) is 23.2. The van der Waals surface area contributed by atoms with E-state index in [9.17, 15) is 27.7 Å². The van der Waals surface area contributed by atoms with Crippen molar-refractivity contribution in [1.82, 2.24) is 5.32 Å². The van der Waals surface area contributed by atoms with E-state index in [1.165, 1.54) is 51.4 Å². The number of hydrogen-bond donors (Lipinski definition) is 3. The van der Waals surface area contributed by atoms with Crippen molar-refractivity contribution in [2.45, 2.75) is 128 Å². The molecule has 0 spiro atoms. The van der Waals surface area contributed by atoms with E-state index in [4.69, 9.17) is 4.74 Å². The second-order valence-electron chi connectivity index (χ2n) is 8.80. The summed E-state index contributed by atoms with van der Waals surface area (Å²) in [6.07, 6.45) is 19.0. The van der Waals surface area contributed by atoms with Crippen LogP contribution < -0.4 is 34.9 Å². The Balaban J connectivity index is -0.00000544. The Morgan fingerprint density at radius 1 is 0.886 bits per heavy atom. The molecule has 0 fully saturated rings. The van der Waals surface area contributed by atoms with Crippen LogP contribution in [-0.4, -0.2) is 48.0 Å². The molecule has 0 aliphatic carbocycles. The number of ether oxygens (including phenoxy) is 1. The minimum Gasteiger partial charge on any atom is -1.00 e. The fourth-order valence-corrected chi connectivity index (χ4v) is 4.12. The number of unbranched alkanes of at least 4 members (excludes halogenated alkanes) is 12. The molecule has 0 rings (SSSR count). The van der Waals surface area contributed by atoms with Gasteiger partial charge in [0.15, 0.2) is 5.25 Å². The molecule has 8 nitrogen and oxygen atoms in total. The summed E-state index contributed by atoms with van der Waals surface area (Å²) < 4.78 is 37.0. The van der Waals surface area contributed by atoms with Crippen molar-refractivity contribution in [3.63, 3.8) is 0 Å². The van der Waals surface area contributed by atoms with Gasteiger partial charge in [0.05, 0.1) is 13.0 Å². The van der Waals surface area contributed by atoms with Crippen LogP contribution in [0.3, 0.4) is 0 Å². The molecule has 3 N–H and O–H groups in total. The van der Waals surface area contributed by atoms with Crippen molar-refractivity contribution in [2.24, 2.45) is 0 Å². The summed E-state index contributed by atoms with van der Waals surface area (Å²) >= 11 is 0. The number of aliphatic hydroxyl groups excluding tert-OH is 1. The number of carbonyl (C=O) groups is 2. The van der Waals surface area contributed by atoms with E-state index in [1.807, 2.05) is 5.32 Å². The van der Waals surface area contributed by atoms with Gasteiger partial charge in [0.1, 0.15) is 6.23 Å². The molecular formula is C25H48NNaO7S. The van der Waals surface area contributed by atoms with E-state index in [2.05, 4.69) is 19.1 Å². The van der Waals surface area contributed by atoms with Crippen molar-refractivity contribution in [3.8, 4) is 0 Å². The van der Waals surface area contributed by atoms with E-state index in [-0.39, 0.29) is 44.0 Å². The Bertz CT molecular complexity index is 677. The van der Waals surface area contributed by atoms with Crippen LogP contribution in [0.1, 0.15) is 118 Å². The maximum Gasteiger partial charge on any atom is 1.00 e. The average Bonchev–Trinajstić information content (AvgIpc) is 2.78. The Morgan fingerprint density at radius 3 is 1.86 bits per heavy atom. The maximum absolute atomic E-state index is 11.9. The number of hydrogen-bond acceptors (Lipinski definition) is 6. The molecule has 202 valence electrons. The number of carbonyl (C=O) groups excluding carboxylic acids is 2. The van der Waals surface area contributed by atoms with Gasteiger partial charge in [-0.3, -0.25) is 14.1 Å².